The average Bonchev–Trinajstić information content (AvgIpc) is 2.76. The predicted octanol–water partition coefficient (Wildman–Crippen LogP) is 3.72. The lowest BCUT2D eigenvalue weighted by Crippen LogP contribution is -2.13. The van der Waals surface area contributed by atoms with E-state index in [1.807, 2.05) is 32.0 Å². The number of hydrogen-bond donors (Lipinski definition) is 1. The number of furan rings is 1. The first-order valence-electron chi connectivity index (χ1n) is 6.21. The molecule has 4 nitrogen and oxygen atoms in total. The zero-order valence-electron chi connectivity index (χ0n) is 12.0. The molecule has 0 amide bonds. The van der Waals surface area contributed by atoms with Crippen LogP contribution in [0.2, 0.25) is 0 Å². The SMILES string of the molecule is COc1cc(C(N)c2cc(C)oc2C)c(OC)cc1Br. The molecule has 2 aromatic rings. The van der Waals surface area contributed by atoms with Crippen LogP contribution in [-0.2, 0) is 0 Å². The minimum absolute atomic E-state index is 0.329. The van der Waals surface area contributed by atoms with Gasteiger partial charge in [-0.05, 0) is 48.0 Å². The van der Waals surface area contributed by atoms with Gasteiger partial charge in [0.15, 0.2) is 0 Å². The summed E-state index contributed by atoms with van der Waals surface area (Å²) in [6.07, 6.45) is 0. The van der Waals surface area contributed by atoms with E-state index in [1.165, 1.54) is 0 Å². The monoisotopic (exact) mass is 339 g/mol. The number of aryl methyl sites for hydroxylation is 2. The molecule has 108 valence electrons. The van der Waals surface area contributed by atoms with Crippen molar-refractivity contribution in [3.05, 3.63) is 45.3 Å². The van der Waals surface area contributed by atoms with E-state index >= 15 is 0 Å². The van der Waals surface area contributed by atoms with E-state index in [4.69, 9.17) is 19.6 Å². The van der Waals surface area contributed by atoms with Crippen LogP contribution in [0, 0.1) is 13.8 Å². The highest BCUT2D eigenvalue weighted by Gasteiger charge is 2.20. The number of nitrogens with two attached hydrogens (primary N) is 1. The zero-order valence-corrected chi connectivity index (χ0v) is 13.6. The second-order valence-corrected chi connectivity index (χ2v) is 5.43. The van der Waals surface area contributed by atoms with Crippen LogP contribution in [-0.4, -0.2) is 14.2 Å². The number of ether oxygens (including phenoxy) is 2. The summed E-state index contributed by atoms with van der Waals surface area (Å²) in [4.78, 5) is 0. The summed E-state index contributed by atoms with van der Waals surface area (Å²) in [5, 5.41) is 0. The van der Waals surface area contributed by atoms with Gasteiger partial charge in [-0.1, -0.05) is 0 Å². The molecule has 2 N–H and O–H groups in total. The van der Waals surface area contributed by atoms with Gasteiger partial charge in [0.25, 0.3) is 0 Å². The zero-order chi connectivity index (χ0) is 14.9. The smallest absolute Gasteiger partial charge is 0.133 e. The molecule has 1 aromatic heterocycles. The van der Waals surface area contributed by atoms with Gasteiger partial charge in [-0.25, -0.2) is 0 Å². The third-order valence-corrected chi connectivity index (χ3v) is 3.87. The second-order valence-electron chi connectivity index (χ2n) is 4.57. The number of hydrogen-bond acceptors (Lipinski definition) is 4. The molecule has 0 aliphatic rings. The van der Waals surface area contributed by atoms with Crippen molar-refractivity contribution in [3.63, 3.8) is 0 Å². The average molecular weight is 340 g/mol. The van der Waals surface area contributed by atoms with Crippen LogP contribution < -0.4 is 15.2 Å². The summed E-state index contributed by atoms with van der Waals surface area (Å²) in [5.41, 5.74) is 8.18. The van der Waals surface area contributed by atoms with Crippen LogP contribution in [0.4, 0.5) is 0 Å². The van der Waals surface area contributed by atoms with Gasteiger partial charge in [0, 0.05) is 11.1 Å². The third kappa shape index (κ3) is 2.69. The van der Waals surface area contributed by atoms with Crippen molar-refractivity contribution in [1.82, 2.24) is 0 Å². The van der Waals surface area contributed by atoms with Gasteiger partial charge in [-0.2, -0.15) is 0 Å². The molecule has 0 aliphatic carbocycles. The van der Waals surface area contributed by atoms with Crippen molar-refractivity contribution in [2.24, 2.45) is 5.73 Å². The minimum atomic E-state index is -0.329. The van der Waals surface area contributed by atoms with Crippen molar-refractivity contribution >= 4 is 15.9 Å². The Kier molecular flexibility index (Phi) is 4.40. The molecule has 0 radical (unpaired) electrons. The Hall–Kier alpha value is -1.46. The highest BCUT2D eigenvalue weighted by Crippen LogP contribution is 2.38. The van der Waals surface area contributed by atoms with Gasteiger partial charge in [-0.15, -0.1) is 0 Å². The lowest BCUT2D eigenvalue weighted by Gasteiger charge is -2.17. The fraction of sp³-hybridized carbons (Fsp3) is 0.333. The van der Waals surface area contributed by atoms with Crippen LogP contribution >= 0.6 is 15.9 Å². The molecule has 20 heavy (non-hydrogen) atoms. The van der Waals surface area contributed by atoms with E-state index in [-0.39, 0.29) is 6.04 Å². The van der Waals surface area contributed by atoms with Gasteiger partial charge < -0.3 is 19.6 Å². The highest BCUT2D eigenvalue weighted by molar-refractivity contribution is 9.10. The molecule has 1 unspecified atom stereocenters. The van der Waals surface area contributed by atoms with E-state index in [0.717, 1.165) is 27.1 Å². The Morgan fingerprint density at radius 1 is 1.05 bits per heavy atom. The molecule has 2 rings (SSSR count). The number of halogens is 1. The van der Waals surface area contributed by atoms with Gasteiger partial charge in [0.05, 0.1) is 24.7 Å². The summed E-state index contributed by atoms with van der Waals surface area (Å²) >= 11 is 3.44. The summed E-state index contributed by atoms with van der Waals surface area (Å²) in [7, 11) is 3.24. The number of rotatable bonds is 4. The van der Waals surface area contributed by atoms with Gasteiger partial charge in [0.2, 0.25) is 0 Å². The van der Waals surface area contributed by atoms with Gasteiger partial charge in [0.1, 0.15) is 23.0 Å². The molecule has 0 saturated heterocycles. The Morgan fingerprint density at radius 2 is 1.70 bits per heavy atom. The summed E-state index contributed by atoms with van der Waals surface area (Å²) in [5.74, 6) is 3.09. The minimum Gasteiger partial charge on any atom is -0.496 e. The first kappa shape index (κ1) is 14.9. The molecule has 5 heteroatoms. The lowest BCUT2D eigenvalue weighted by atomic mass is 9.98. The molecule has 0 aliphatic heterocycles. The van der Waals surface area contributed by atoms with Crippen molar-refractivity contribution in [1.29, 1.82) is 0 Å². The maximum Gasteiger partial charge on any atom is 0.133 e. The molecule has 0 fully saturated rings. The first-order valence-corrected chi connectivity index (χ1v) is 7.01. The largest absolute Gasteiger partial charge is 0.496 e. The van der Waals surface area contributed by atoms with Crippen LogP contribution in [0.15, 0.2) is 27.1 Å². The molecule has 1 heterocycles. The van der Waals surface area contributed by atoms with E-state index in [0.29, 0.717) is 11.5 Å². The fourth-order valence-electron chi connectivity index (χ4n) is 2.25. The molecule has 1 atom stereocenters. The van der Waals surface area contributed by atoms with E-state index in [2.05, 4.69) is 15.9 Å². The van der Waals surface area contributed by atoms with Crippen LogP contribution in [0.5, 0.6) is 11.5 Å². The topological polar surface area (TPSA) is 57.6 Å². The molecule has 0 spiro atoms. The number of benzene rings is 1. The molecule has 0 saturated carbocycles. The van der Waals surface area contributed by atoms with Gasteiger partial charge in [-0.3, -0.25) is 0 Å². The highest BCUT2D eigenvalue weighted by atomic mass is 79.9. The van der Waals surface area contributed by atoms with Crippen LogP contribution in [0.25, 0.3) is 0 Å². The summed E-state index contributed by atoms with van der Waals surface area (Å²) in [6.45, 7) is 3.81. The Balaban J connectivity index is 2.53. The van der Waals surface area contributed by atoms with Crippen molar-refractivity contribution in [2.75, 3.05) is 14.2 Å². The Bertz CT molecular complexity index is 622. The van der Waals surface area contributed by atoms with Crippen molar-refractivity contribution < 1.29 is 13.9 Å². The van der Waals surface area contributed by atoms with Crippen LogP contribution in [0.3, 0.4) is 0 Å². The third-order valence-electron chi connectivity index (χ3n) is 3.25. The maximum atomic E-state index is 6.37. The Labute approximate surface area is 127 Å². The van der Waals surface area contributed by atoms with E-state index in [1.54, 1.807) is 14.2 Å². The second kappa shape index (κ2) is 5.89. The maximum absolute atomic E-state index is 6.37. The standard InChI is InChI=1S/C15H18BrNO3/c1-8-5-10(9(2)20-8)15(17)11-6-14(19-4)12(16)7-13(11)18-3/h5-7,15H,17H2,1-4H3. The van der Waals surface area contributed by atoms with Crippen molar-refractivity contribution in [3.8, 4) is 11.5 Å². The first-order chi connectivity index (χ1) is 9.47. The quantitative estimate of drug-likeness (QED) is 0.922. The van der Waals surface area contributed by atoms with E-state index < -0.39 is 0 Å². The van der Waals surface area contributed by atoms with E-state index in [9.17, 15) is 0 Å². The van der Waals surface area contributed by atoms with Crippen LogP contribution in [0.1, 0.15) is 28.7 Å². The summed E-state index contributed by atoms with van der Waals surface area (Å²) < 4.78 is 17.1. The predicted molar refractivity (Wildman–Crippen MR) is 81.5 cm³/mol. The van der Waals surface area contributed by atoms with Crippen molar-refractivity contribution in [2.45, 2.75) is 19.9 Å². The lowest BCUT2D eigenvalue weighted by molar-refractivity contribution is 0.395. The normalized spacial score (nSPS) is 12.3. The Morgan fingerprint density at radius 3 is 2.20 bits per heavy atom. The molecular formula is C15H18BrNO3. The summed E-state index contributed by atoms with van der Waals surface area (Å²) in [6, 6.07) is 5.36. The molecular weight excluding hydrogens is 322 g/mol. The number of methoxy groups -OCH3 is 2. The fourth-order valence-corrected chi connectivity index (χ4v) is 2.74. The molecule has 0 bridgehead atoms. The molecule has 1 aromatic carbocycles. The van der Waals surface area contributed by atoms with Gasteiger partial charge >= 0.3 is 0 Å².